The second-order valence-electron chi connectivity index (χ2n) is 2.48. The lowest BCUT2D eigenvalue weighted by Gasteiger charge is -1.96. The van der Waals surface area contributed by atoms with Crippen LogP contribution in [-0.4, -0.2) is 17.3 Å². The van der Waals surface area contributed by atoms with Gasteiger partial charge in [-0.25, -0.2) is 0 Å². The molecule has 0 saturated heterocycles. The van der Waals surface area contributed by atoms with Gasteiger partial charge in [-0.15, -0.1) is 5.10 Å². The summed E-state index contributed by atoms with van der Waals surface area (Å²) in [5.74, 6) is 0.152. The molecule has 5 nitrogen and oxygen atoms in total. The number of nitrogens with zero attached hydrogens (tertiary/aromatic N) is 2. The Bertz CT molecular complexity index is 385. The fraction of sp³-hybridized carbons (Fsp3) is 0. The molecule has 0 unspecified atom stereocenters. The maximum atomic E-state index is 9.24. The standard InChI is InChI=1S/C8H9IN4O/c9-6-3-5(1-2-7(6)14)4-12-13-8(10)11/h1-4,14H,(H4,10,11,13)/b12-4-. The quantitative estimate of drug-likeness (QED) is 0.323. The Morgan fingerprint density at radius 1 is 1.43 bits per heavy atom. The van der Waals surface area contributed by atoms with Crippen molar-refractivity contribution < 1.29 is 5.11 Å². The Labute approximate surface area is 94.7 Å². The van der Waals surface area contributed by atoms with E-state index < -0.39 is 0 Å². The SMILES string of the molecule is NC(N)=N/N=C\c1ccc(O)c(I)c1. The van der Waals surface area contributed by atoms with Crippen molar-refractivity contribution in [3.8, 4) is 5.75 Å². The Morgan fingerprint density at radius 2 is 2.14 bits per heavy atom. The predicted molar refractivity (Wildman–Crippen MR) is 64.2 cm³/mol. The highest BCUT2D eigenvalue weighted by Gasteiger charge is 1.96. The average Bonchev–Trinajstić information content (AvgIpc) is 2.10. The van der Waals surface area contributed by atoms with E-state index in [1.54, 1.807) is 18.2 Å². The third-order valence-corrected chi connectivity index (χ3v) is 2.22. The molecule has 5 N–H and O–H groups in total. The summed E-state index contributed by atoms with van der Waals surface area (Å²) in [5, 5.41) is 16.3. The minimum Gasteiger partial charge on any atom is -0.507 e. The maximum absolute atomic E-state index is 9.24. The molecule has 6 heteroatoms. The highest BCUT2D eigenvalue weighted by Crippen LogP contribution is 2.19. The minimum atomic E-state index is -0.0882. The van der Waals surface area contributed by atoms with Crippen LogP contribution in [0.5, 0.6) is 5.75 Å². The number of hydrogen-bond acceptors (Lipinski definition) is 3. The third kappa shape index (κ3) is 3.21. The molecular weight excluding hydrogens is 295 g/mol. The Kier molecular flexibility index (Phi) is 3.69. The van der Waals surface area contributed by atoms with E-state index in [0.717, 1.165) is 9.13 Å². The molecule has 0 spiro atoms. The number of phenolic OH excluding ortho intramolecular Hbond substituents is 1. The smallest absolute Gasteiger partial charge is 0.211 e. The van der Waals surface area contributed by atoms with Crippen LogP contribution in [0.4, 0.5) is 0 Å². The van der Waals surface area contributed by atoms with Crippen LogP contribution in [0.15, 0.2) is 28.4 Å². The highest BCUT2D eigenvalue weighted by molar-refractivity contribution is 14.1. The van der Waals surface area contributed by atoms with Gasteiger partial charge >= 0.3 is 0 Å². The topological polar surface area (TPSA) is 97.0 Å². The zero-order valence-corrected chi connectivity index (χ0v) is 9.34. The van der Waals surface area contributed by atoms with Crippen LogP contribution in [0.25, 0.3) is 0 Å². The predicted octanol–water partition coefficient (Wildman–Crippen LogP) is 0.604. The lowest BCUT2D eigenvalue weighted by Crippen LogP contribution is -2.21. The van der Waals surface area contributed by atoms with Crippen molar-refractivity contribution in [2.45, 2.75) is 0 Å². The number of rotatable bonds is 2. The molecule has 0 atom stereocenters. The van der Waals surface area contributed by atoms with Gasteiger partial charge in [-0.3, -0.25) is 0 Å². The molecule has 0 aliphatic carbocycles. The van der Waals surface area contributed by atoms with E-state index in [0.29, 0.717) is 0 Å². The summed E-state index contributed by atoms with van der Waals surface area (Å²) in [4.78, 5) is 0. The first kappa shape index (κ1) is 10.8. The van der Waals surface area contributed by atoms with Crippen LogP contribution in [0.3, 0.4) is 0 Å². The van der Waals surface area contributed by atoms with Gasteiger partial charge in [0, 0.05) is 0 Å². The van der Waals surface area contributed by atoms with E-state index in [-0.39, 0.29) is 11.7 Å². The number of halogens is 1. The van der Waals surface area contributed by atoms with Crippen LogP contribution in [0.1, 0.15) is 5.56 Å². The highest BCUT2D eigenvalue weighted by atomic mass is 127. The fourth-order valence-electron chi connectivity index (χ4n) is 0.766. The number of hydrogen-bond donors (Lipinski definition) is 3. The van der Waals surface area contributed by atoms with Crippen molar-refractivity contribution in [2.24, 2.45) is 21.7 Å². The molecule has 0 aromatic heterocycles. The molecule has 1 aromatic carbocycles. The molecule has 1 aromatic rings. The Balaban J connectivity index is 2.83. The molecule has 0 heterocycles. The van der Waals surface area contributed by atoms with Crippen LogP contribution in [-0.2, 0) is 0 Å². The molecule has 0 fully saturated rings. The van der Waals surface area contributed by atoms with Crippen molar-refractivity contribution in [1.82, 2.24) is 0 Å². The summed E-state index contributed by atoms with van der Waals surface area (Å²) in [6.45, 7) is 0. The van der Waals surface area contributed by atoms with Crippen LogP contribution in [0, 0.1) is 3.57 Å². The van der Waals surface area contributed by atoms with Gasteiger partial charge in [0.2, 0.25) is 5.96 Å². The first-order chi connectivity index (χ1) is 6.59. The maximum Gasteiger partial charge on any atom is 0.211 e. The van der Waals surface area contributed by atoms with E-state index in [2.05, 4.69) is 10.2 Å². The molecule has 0 aliphatic rings. The monoisotopic (exact) mass is 304 g/mol. The number of aromatic hydroxyl groups is 1. The van der Waals surface area contributed by atoms with Crippen molar-refractivity contribution in [1.29, 1.82) is 0 Å². The first-order valence-corrected chi connectivity index (χ1v) is 4.78. The van der Waals surface area contributed by atoms with Crippen LogP contribution >= 0.6 is 22.6 Å². The van der Waals surface area contributed by atoms with Gasteiger partial charge in [0.1, 0.15) is 5.75 Å². The normalized spacial score (nSPS) is 10.4. The third-order valence-electron chi connectivity index (χ3n) is 1.35. The first-order valence-electron chi connectivity index (χ1n) is 3.70. The number of phenols is 1. The molecule has 1 rings (SSSR count). The molecule has 14 heavy (non-hydrogen) atoms. The summed E-state index contributed by atoms with van der Waals surface area (Å²) < 4.78 is 0.747. The van der Waals surface area contributed by atoms with E-state index >= 15 is 0 Å². The van der Waals surface area contributed by atoms with Crippen molar-refractivity contribution in [3.63, 3.8) is 0 Å². The van der Waals surface area contributed by atoms with Gasteiger partial charge in [-0.05, 0) is 46.4 Å². The summed E-state index contributed by atoms with van der Waals surface area (Å²) >= 11 is 2.02. The van der Waals surface area contributed by atoms with Crippen LogP contribution < -0.4 is 11.5 Å². The van der Waals surface area contributed by atoms with Gasteiger partial charge in [-0.2, -0.15) is 5.10 Å². The number of guanidine groups is 1. The second-order valence-corrected chi connectivity index (χ2v) is 3.64. The van der Waals surface area contributed by atoms with Crippen molar-refractivity contribution >= 4 is 34.8 Å². The van der Waals surface area contributed by atoms with Crippen molar-refractivity contribution in [3.05, 3.63) is 27.3 Å². The Morgan fingerprint density at radius 3 is 2.71 bits per heavy atom. The molecule has 74 valence electrons. The summed E-state index contributed by atoms with van der Waals surface area (Å²) in [6, 6.07) is 5.06. The summed E-state index contributed by atoms with van der Waals surface area (Å²) in [6.07, 6.45) is 1.50. The summed E-state index contributed by atoms with van der Waals surface area (Å²) in [5.41, 5.74) is 11.0. The lowest BCUT2D eigenvalue weighted by atomic mass is 10.2. The Hall–Kier alpha value is -1.31. The van der Waals surface area contributed by atoms with Gasteiger partial charge in [0.05, 0.1) is 9.78 Å². The molecule has 0 aliphatic heterocycles. The van der Waals surface area contributed by atoms with E-state index in [1.165, 1.54) is 6.21 Å². The second kappa shape index (κ2) is 4.80. The molecule has 0 amide bonds. The lowest BCUT2D eigenvalue weighted by molar-refractivity contribution is 0.471. The van der Waals surface area contributed by atoms with E-state index in [4.69, 9.17) is 11.5 Å². The molecule has 0 radical (unpaired) electrons. The van der Waals surface area contributed by atoms with E-state index in [9.17, 15) is 5.11 Å². The molecule has 0 bridgehead atoms. The van der Waals surface area contributed by atoms with Crippen molar-refractivity contribution in [2.75, 3.05) is 0 Å². The van der Waals surface area contributed by atoms with Gasteiger partial charge in [-0.1, -0.05) is 0 Å². The van der Waals surface area contributed by atoms with Gasteiger partial charge in [0.25, 0.3) is 0 Å². The zero-order valence-electron chi connectivity index (χ0n) is 7.18. The summed E-state index contributed by atoms with van der Waals surface area (Å²) in [7, 11) is 0. The molecular formula is C8H9IN4O. The van der Waals surface area contributed by atoms with Gasteiger partial charge in [0.15, 0.2) is 0 Å². The zero-order chi connectivity index (χ0) is 10.6. The van der Waals surface area contributed by atoms with Crippen LogP contribution in [0.2, 0.25) is 0 Å². The van der Waals surface area contributed by atoms with E-state index in [1.807, 2.05) is 22.6 Å². The fourth-order valence-corrected chi connectivity index (χ4v) is 1.31. The molecule has 0 saturated carbocycles. The van der Waals surface area contributed by atoms with Gasteiger partial charge < -0.3 is 16.6 Å². The number of nitrogens with two attached hydrogens (primary N) is 2. The average molecular weight is 304 g/mol. The number of benzene rings is 1. The minimum absolute atomic E-state index is 0.0882. The largest absolute Gasteiger partial charge is 0.507 e.